The van der Waals surface area contributed by atoms with Gasteiger partial charge in [0.25, 0.3) is 0 Å². The van der Waals surface area contributed by atoms with Crippen molar-refractivity contribution in [2.75, 3.05) is 26.8 Å². The predicted molar refractivity (Wildman–Crippen MR) is 72.6 cm³/mol. The Labute approximate surface area is 117 Å². The molecule has 104 valence electrons. The fourth-order valence-corrected chi connectivity index (χ4v) is 3.74. The molecule has 1 aliphatic heterocycles. The number of methoxy groups -OCH3 is 1. The molecule has 1 aromatic heterocycles. The highest BCUT2D eigenvalue weighted by Crippen LogP contribution is 2.24. The van der Waals surface area contributed by atoms with Gasteiger partial charge in [-0.25, -0.2) is 13.4 Å². The van der Waals surface area contributed by atoms with Crippen molar-refractivity contribution in [2.45, 2.75) is 11.3 Å². The van der Waals surface area contributed by atoms with E-state index in [0.29, 0.717) is 26.1 Å². The minimum Gasteiger partial charge on any atom is -0.380 e. The van der Waals surface area contributed by atoms with Gasteiger partial charge in [0, 0.05) is 26.4 Å². The molecule has 0 aromatic carbocycles. The molecule has 0 radical (unpaired) electrons. The van der Waals surface area contributed by atoms with Crippen LogP contribution in [0.1, 0.15) is 6.42 Å². The summed E-state index contributed by atoms with van der Waals surface area (Å²) in [6, 6.07) is 3.04. The van der Waals surface area contributed by atoms with Crippen molar-refractivity contribution >= 4 is 21.6 Å². The number of sulfonamides is 1. The summed E-state index contributed by atoms with van der Waals surface area (Å²) in [5, 5.41) is 0.00849. The van der Waals surface area contributed by atoms with E-state index in [0.717, 1.165) is 5.57 Å². The highest BCUT2D eigenvalue weighted by Gasteiger charge is 2.28. The third-order valence-electron chi connectivity index (χ3n) is 2.94. The Bertz CT molecular complexity index is 586. The van der Waals surface area contributed by atoms with E-state index in [-0.39, 0.29) is 10.0 Å². The predicted octanol–water partition coefficient (Wildman–Crippen LogP) is 1.70. The summed E-state index contributed by atoms with van der Waals surface area (Å²) in [6.45, 7) is 1.32. The van der Waals surface area contributed by atoms with Crippen molar-refractivity contribution in [3.8, 4) is 0 Å². The fraction of sp³-hybridized carbons (Fsp3) is 0.417. The fourth-order valence-electron chi connectivity index (χ4n) is 1.93. The van der Waals surface area contributed by atoms with Crippen LogP contribution in [0.3, 0.4) is 0 Å². The van der Waals surface area contributed by atoms with Crippen LogP contribution in [0.15, 0.2) is 34.9 Å². The number of nitrogens with zero attached hydrogens (tertiary/aromatic N) is 2. The molecule has 0 N–H and O–H groups in total. The number of aromatic nitrogens is 1. The Morgan fingerprint density at radius 1 is 1.53 bits per heavy atom. The summed E-state index contributed by atoms with van der Waals surface area (Å²) in [5.41, 5.74) is 1.12. The Morgan fingerprint density at radius 2 is 2.32 bits per heavy atom. The van der Waals surface area contributed by atoms with Gasteiger partial charge in [0.15, 0.2) is 0 Å². The summed E-state index contributed by atoms with van der Waals surface area (Å²) >= 11 is 5.85. The van der Waals surface area contributed by atoms with E-state index in [2.05, 4.69) is 4.98 Å². The normalized spacial score (nSPS) is 17.3. The summed E-state index contributed by atoms with van der Waals surface area (Å²) in [6.07, 6.45) is 4.02. The lowest BCUT2D eigenvalue weighted by Gasteiger charge is -2.25. The van der Waals surface area contributed by atoms with Crippen molar-refractivity contribution in [2.24, 2.45) is 0 Å². The summed E-state index contributed by atoms with van der Waals surface area (Å²) in [7, 11) is -1.95. The molecule has 7 heteroatoms. The number of rotatable bonds is 4. The molecule has 2 heterocycles. The minimum atomic E-state index is -3.58. The van der Waals surface area contributed by atoms with Crippen LogP contribution in [0.25, 0.3) is 0 Å². The van der Waals surface area contributed by atoms with Crippen LogP contribution in [-0.2, 0) is 14.8 Å². The van der Waals surface area contributed by atoms with Crippen LogP contribution in [0.2, 0.25) is 5.15 Å². The molecule has 5 nitrogen and oxygen atoms in total. The van der Waals surface area contributed by atoms with E-state index in [1.54, 1.807) is 13.2 Å². The summed E-state index contributed by atoms with van der Waals surface area (Å²) in [4.78, 5) is 3.86. The first-order chi connectivity index (χ1) is 9.05. The average Bonchev–Trinajstić information content (AvgIpc) is 2.40. The van der Waals surface area contributed by atoms with Crippen molar-refractivity contribution in [1.29, 1.82) is 0 Å². The van der Waals surface area contributed by atoms with Gasteiger partial charge >= 0.3 is 0 Å². The number of halogens is 1. The lowest BCUT2D eigenvalue weighted by atomic mass is 10.1. The molecule has 0 saturated carbocycles. The van der Waals surface area contributed by atoms with Gasteiger partial charge in [-0.05, 0) is 24.1 Å². The second-order valence-electron chi connectivity index (χ2n) is 4.20. The van der Waals surface area contributed by atoms with Gasteiger partial charge in [-0.1, -0.05) is 17.7 Å². The molecule has 0 amide bonds. The Balaban J connectivity index is 2.21. The first-order valence-corrected chi connectivity index (χ1v) is 7.65. The zero-order chi connectivity index (χ0) is 13.9. The molecule has 1 aromatic rings. The smallest absolute Gasteiger partial charge is 0.246 e. The van der Waals surface area contributed by atoms with Crippen LogP contribution in [0.4, 0.5) is 0 Å². The second kappa shape index (κ2) is 6.00. The molecule has 1 aliphatic rings. The zero-order valence-corrected chi connectivity index (χ0v) is 12.1. The molecule has 0 saturated heterocycles. The quantitative estimate of drug-likeness (QED) is 0.627. The molecule has 0 bridgehead atoms. The van der Waals surface area contributed by atoms with Crippen LogP contribution in [-0.4, -0.2) is 44.5 Å². The average molecular weight is 303 g/mol. The maximum Gasteiger partial charge on any atom is 0.246 e. The van der Waals surface area contributed by atoms with E-state index in [9.17, 15) is 8.42 Å². The van der Waals surface area contributed by atoms with Crippen LogP contribution in [0.5, 0.6) is 0 Å². The van der Waals surface area contributed by atoms with E-state index in [1.165, 1.54) is 16.6 Å². The summed E-state index contributed by atoms with van der Waals surface area (Å²) in [5.74, 6) is 0. The lowest BCUT2D eigenvalue weighted by molar-refractivity contribution is 0.219. The first kappa shape index (κ1) is 14.5. The Hall–Kier alpha value is -0.950. The van der Waals surface area contributed by atoms with Crippen LogP contribution < -0.4 is 0 Å². The van der Waals surface area contributed by atoms with Gasteiger partial charge < -0.3 is 4.74 Å². The van der Waals surface area contributed by atoms with Gasteiger partial charge in [0.2, 0.25) is 10.0 Å². The van der Waals surface area contributed by atoms with Crippen molar-refractivity contribution < 1.29 is 13.2 Å². The third-order valence-corrected chi connectivity index (χ3v) is 5.25. The van der Waals surface area contributed by atoms with E-state index in [4.69, 9.17) is 16.3 Å². The molecule has 19 heavy (non-hydrogen) atoms. The molecular weight excluding hydrogens is 288 g/mol. The van der Waals surface area contributed by atoms with Gasteiger partial charge in [-0.2, -0.15) is 4.31 Å². The lowest BCUT2D eigenvalue weighted by Crippen LogP contribution is -2.35. The highest BCUT2D eigenvalue weighted by atomic mass is 35.5. The third kappa shape index (κ3) is 3.14. The summed E-state index contributed by atoms with van der Waals surface area (Å²) < 4.78 is 31.3. The van der Waals surface area contributed by atoms with E-state index < -0.39 is 10.0 Å². The monoisotopic (exact) mass is 302 g/mol. The Kier molecular flexibility index (Phi) is 4.57. The molecule has 0 spiro atoms. The second-order valence-corrected chi connectivity index (χ2v) is 6.47. The topological polar surface area (TPSA) is 59.5 Å². The number of hydrogen-bond acceptors (Lipinski definition) is 4. The molecule has 0 fully saturated rings. The SMILES string of the molecule is COCC1=CCN(S(=O)(=O)c2cccnc2Cl)CC1. The zero-order valence-electron chi connectivity index (χ0n) is 10.5. The van der Waals surface area contributed by atoms with Gasteiger partial charge in [-0.3, -0.25) is 0 Å². The standard InChI is InChI=1S/C12H15ClN2O3S/c1-18-9-10-4-7-15(8-5-10)19(16,17)11-3-2-6-14-12(11)13/h2-4,6H,5,7-9H2,1H3. The maximum atomic E-state index is 12.4. The van der Waals surface area contributed by atoms with Crippen LogP contribution >= 0.6 is 11.6 Å². The number of hydrogen-bond donors (Lipinski definition) is 0. The van der Waals surface area contributed by atoms with Gasteiger partial charge in [-0.15, -0.1) is 0 Å². The minimum absolute atomic E-state index is 0.00849. The Morgan fingerprint density at radius 3 is 2.89 bits per heavy atom. The molecule has 0 atom stereocenters. The number of pyridine rings is 1. The van der Waals surface area contributed by atoms with Crippen molar-refractivity contribution in [1.82, 2.24) is 9.29 Å². The molecule has 0 aliphatic carbocycles. The first-order valence-electron chi connectivity index (χ1n) is 5.83. The van der Waals surface area contributed by atoms with Crippen molar-refractivity contribution in [3.63, 3.8) is 0 Å². The van der Waals surface area contributed by atoms with Gasteiger partial charge in [0.05, 0.1) is 6.61 Å². The van der Waals surface area contributed by atoms with E-state index in [1.807, 2.05) is 6.08 Å². The molecule has 2 rings (SSSR count). The largest absolute Gasteiger partial charge is 0.380 e. The van der Waals surface area contributed by atoms with Crippen molar-refractivity contribution in [3.05, 3.63) is 35.1 Å². The number of ether oxygens (including phenoxy) is 1. The van der Waals surface area contributed by atoms with Gasteiger partial charge in [0.1, 0.15) is 10.0 Å². The van der Waals surface area contributed by atoms with Crippen LogP contribution in [0, 0.1) is 0 Å². The maximum absolute atomic E-state index is 12.4. The molecular formula is C12H15ClN2O3S. The highest BCUT2D eigenvalue weighted by molar-refractivity contribution is 7.89. The molecule has 0 unspecified atom stereocenters. The van der Waals surface area contributed by atoms with E-state index >= 15 is 0 Å².